The van der Waals surface area contributed by atoms with Crippen LogP contribution in [0, 0.1) is 5.92 Å². The minimum Gasteiger partial charge on any atom is -0.381 e. The lowest BCUT2D eigenvalue weighted by Crippen LogP contribution is -2.55. The van der Waals surface area contributed by atoms with Crippen molar-refractivity contribution >= 4 is 5.91 Å². The third-order valence-corrected chi connectivity index (χ3v) is 6.06. The molecule has 1 amide bonds. The number of carbonyl (C=O) groups excluding carboxylic acids is 1. The van der Waals surface area contributed by atoms with Crippen molar-refractivity contribution in [2.75, 3.05) is 19.8 Å². The Morgan fingerprint density at radius 1 is 1.23 bits per heavy atom. The van der Waals surface area contributed by atoms with Gasteiger partial charge in [0.1, 0.15) is 0 Å². The molecule has 1 aromatic rings. The lowest BCUT2D eigenvalue weighted by atomic mass is 9.91. The fraction of sp³-hybridized carbons (Fsp3) is 0.667. The average Bonchev–Trinajstić information content (AvgIpc) is 3.15. The lowest BCUT2D eigenvalue weighted by molar-refractivity contribution is -0.124. The average molecular weight is 360 g/mol. The van der Waals surface area contributed by atoms with E-state index in [9.17, 15) is 4.79 Å². The highest BCUT2D eigenvalue weighted by Crippen LogP contribution is 2.32. The maximum atomic E-state index is 12.6. The molecule has 5 nitrogen and oxygen atoms in total. The topological polar surface area (TPSA) is 76.4 Å². The Labute approximate surface area is 157 Å². The summed E-state index contributed by atoms with van der Waals surface area (Å²) in [4.78, 5) is 12.6. The second kappa shape index (κ2) is 8.98. The van der Waals surface area contributed by atoms with Crippen LogP contribution in [0.5, 0.6) is 0 Å². The molecule has 1 saturated heterocycles. The number of carbonyl (C=O) groups is 1. The van der Waals surface area contributed by atoms with Gasteiger partial charge < -0.3 is 21.1 Å². The molecule has 2 fully saturated rings. The van der Waals surface area contributed by atoms with Crippen LogP contribution in [0.3, 0.4) is 0 Å². The number of amides is 1. The quantitative estimate of drug-likeness (QED) is 0.699. The molecule has 0 bridgehead atoms. The first-order valence-corrected chi connectivity index (χ1v) is 10.0. The number of hydrogen-bond acceptors (Lipinski definition) is 4. The molecule has 1 aromatic carbocycles. The fourth-order valence-electron chi connectivity index (χ4n) is 4.37. The zero-order chi connectivity index (χ0) is 18.4. The standard InChI is InChI=1S/C21H33N3O2/c1-16(17-7-3-2-4-8-17)24-21(11-5-6-12-21)15-23-20(25)19(22)18-9-13-26-14-10-18/h2-4,7-8,16,18-19,24H,5-6,9-15,22H2,1H3,(H,23,25). The fourth-order valence-corrected chi connectivity index (χ4v) is 4.37. The van der Waals surface area contributed by atoms with Crippen LogP contribution in [0.25, 0.3) is 0 Å². The first-order valence-electron chi connectivity index (χ1n) is 10.0. The van der Waals surface area contributed by atoms with Crippen molar-refractivity contribution in [1.29, 1.82) is 0 Å². The molecule has 2 unspecified atom stereocenters. The Hall–Kier alpha value is -1.43. The van der Waals surface area contributed by atoms with Crippen LogP contribution in [-0.2, 0) is 9.53 Å². The van der Waals surface area contributed by atoms with Gasteiger partial charge in [0.2, 0.25) is 5.91 Å². The summed E-state index contributed by atoms with van der Waals surface area (Å²) < 4.78 is 5.38. The van der Waals surface area contributed by atoms with E-state index in [1.54, 1.807) is 0 Å². The van der Waals surface area contributed by atoms with Crippen LogP contribution in [0.15, 0.2) is 30.3 Å². The van der Waals surface area contributed by atoms with Gasteiger partial charge in [-0.25, -0.2) is 0 Å². The molecule has 2 aliphatic rings. The highest BCUT2D eigenvalue weighted by atomic mass is 16.5. The molecular formula is C21H33N3O2. The van der Waals surface area contributed by atoms with Gasteiger partial charge in [0.05, 0.1) is 6.04 Å². The van der Waals surface area contributed by atoms with E-state index in [4.69, 9.17) is 10.5 Å². The minimum absolute atomic E-state index is 0.0164. The lowest BCUT2D eigenvalue weighted by Gasteiger charge is -2.35. The van der Waals surface area contributed by atoms with Gasteiger partial charge >= 0.3 is 0 Å². The molecule has 3 rings (SSSR count). The van der Waals surface area contributed by atoms with Gasteiger partial charge in [-0.3, -0.25) is 4.79 Å². The van der Waals surface area contributed by atoms with E-state index in [1.807, 2.05) is 6.07 Å². The summed E-state index contributed by atoms with van der Waals surface area (Å²) in [5.74, 6) is 0.219. The van der Waals surface area contributed by atoms with Gasteiger partial charge in [0, 0.05) is 31.3 Å². The van der Waals surface area contributed by atoms with E-state index in [0.29, 0.717) is 19.8 Å². The summed E-state index contributed by atoms with van der Waals surface area (Å²) in [6.07, 6.45) is 6.35. The zero-order valence-electron chi connectivity index (χ0n) is 15.9. The van der Waals surface area contributed by atoms with Crippen LogP contribution in [-0.4, -0.2) is 37.2 Å². The Morgan fingerprint density at radius 2 is 1.88 bits per heavy atom. The van der Waals surface area contributed by atoms with Gasteiger partial charge in [-0.1, -0.05) is 43.2 Å². The number of benzene rings is 1. The van der Waals surface area contributed by atoms with Gasteiger partial charge in [0.15, 0.2) is 0 Å². The summed E-state index contributed by atoms with van der Waals surface area (Å²) in [6, 6.07) is 10.3. The van der Waals surface area contributed by atoms with E-state index in [2.05, 4.69) is 41.8 Å². The van der Waals surface area contributed by atoms with Crippen LogP contribution in [0.2, 0.25) is 0 Å². The highest BCUT2D eigenvalue weighted by molar-refractivity contribution is 5.81. The third-order valence-electron chi connectivity index (χ3n) is 6.06. The van der Waals surface area contributed by atoms with E-state index in [1.165, 1.54) is 18.4 Å². The molecule has 4 N–H and O–H groups in total. The van der Waals surface area contributed by atoms with Crippen LogP contribution in [0.4, 0.5) is 0 Å². The maximum absolute atomic E-state index is 12.6. The van der Waals surface area contributed by atoms with Crippen LogP contribution >= 0.6 is 0 Å². The van der Waals surface area contributed by atoms with Crippen LogP contribution < -0.4 is 16.4 Å². The van der Waals surface area contributed by atoms with Gasteiger partial charge in [0.25, 0.3) is 0 Å². The monoisotopic (exact) mass is 359 g/mol. The van der Waals surface area contributed by atoms with E-state index >= 15 is 0 Å². The van der Waals surface area contributed by atoms with Crippen LogP contribution in [0.1, 0.15) is 57.1 Å². The van der Waals surface area contributed by atoms with E-state index in [-0.39, 0.29) is 23.4 Å². The molecule has 1 heterocycles. The number of ether oxygens (including phenoxy) is 1. The number of nitrogens with two attached hydrogens (primary N) is 1. The van der Waals surface area contributed by atoms with Crippen molar-refractivity contribution in [3.63, 3.8) is 0 Å². The molecule has 0 radical (unpaired) electrons. The predicted octanol–water partition coefficient (Wildman–Crippen LogP) is 2.52. The largest absolute Gasteiger partial charge is 0.381 e. The first-order chi connectivity index (χ1) is 12.6. The molecule has 2 atom stereocenters. The molecule has 0 aromatic heterocycles. The first kappa shape index (κ1) is 19.3. The molecule has 5 heteroatoms. The van der Waals surface area contributed by atoms with Gasteiger partial charge in [-0.15, -0.1) is 0 Å². The SMILES string of the molecule is CC(NC1(CNC(=O)C(N)C2CCOCC2)CCCC1)c1ccccc1. The molecular weight excluding hydrogens is 326 g/mol. The second-order valence-electron chi connectivity index (χ2n) is 7.96. The highest BCUT2D eigenvalue weighted by Gasteiger charge is 2.36. The van der Waals surface area contributed by atoms with Crippen molar-refractivity contribution in [3.8, 4) is 0 Å². The summed E-state index contributed by atoms with van der Waals surface area (Å²) in [6.45, 7) is 4.28. The van der Waals surface area contributed by atoms with Crippen molar-refractivity contribution in [2.24, 2.45) is 11.7 Å². The number of rotatable bonds is 7. The Balaban J connectivity index is 1.56. The molecule has 1 aliphatic heterocycles. The Kier molecular flexibility index (Phi) is 6.68. The van der Waals surface area contributed by atoms with Crippen molar-refractivity contribution in [1.82, 2.24) is 10.6 Å². The molecule has 1 saturated carbocycles. The second-order valence-corrected chi connectivity index (χ2v) is 7.96. The van der Waals surface area contributed by atoms with Gasteiger partial charge in [-0.05, 0) is 44.1 Å². The van der Waals surface area contributed by atoms with Crippen molar-refractivity contribution in [2.45, 2.75) is 63.1 Å². The summed E-state index contributed by atoms with van der Waals surface area (Å²) in [7, 11) is 0. The van der Waals surface area contributed by atoms with Crippen molar-refractivity contribution < 1.29 is 9.53 Å². The maximum Gasteiger partial charge on any atom is 0.237 e. The van der Waals surface area contributed by atoms with E-state index in [0.717, 1.165) is 25.7 Å². The van der Waals surface area contributed by atoms with E-state index < -0.39 is 6.04 Å². The smallest absolute Gasteiger partial charge is 0.237 e. The zero-order valence-corrected chi connectivity index (χ0v) is 15.9. The Morgan fingerprint density at radius 3 is 2.54 bits per heavy atom. The molecule has 0 spiro atoms. The summed E-state index contributed by atoms with van der Waals surface area (Å²) in [5.41, 5.74) is 7.48. The third kappa shape index (κ3) is 4.84. The minimum atomic E-state index is -0.427. The summed E-state index contributed by atoms with van der Waals surface area (Å²) in [5, 5.41) is 6.96. The number of nitrogens with one attached hydrogen (secondary N) is 2. The molecule has 26 heavy (non-hydrogen) atoms. The van der Waals surface area contributed by atoms with Crippen molar-refractivity contribution in [3.05, 3.63) is 35.9 Å². The normalized spacial score (nSPS) is 22.7. The predicted molar refractivity (Wildman–Crippen MR) is 104 cm³/mol. The Bertz CT molecular complexity index is 566. The molecule has 1 aliphatic carbocycles. The van der Waals surface area contributed by atoms with Gasteiger partial charge in [-0.2, -0.15) is 0 Å². The summed E-state index contributed by atoms with van der Waals surface area (Å²) >= 11 is 0. The number of hydrogen-bond donors (Lipinski definition) is 3. The molecule has 144 valence electrons.